The fraction of sp³-hybridized carbons (Fsp3) is 0.105. The topological polar surface area (TPSA) is 88.3 Å². The fourth-order valence-corrected chi connectivity index (χ4v) is 2.64. The van der Waals surface area contributed by atoms with E-state index in [0.717, 1.165) is 5.56 Å². The highest BCUT2D eigenvalue weighted by atomic mass is 35.5. The Labute approximate surface area is 153 Å². The van der Waals surface area contributed by atoms with Crippen molar-refractivity contribution in [3.8, 4) is 0 Å². The van der Waals surface area contributed by atoms with Gasteiger partial charge in [0.15, 0.2) is 0 Å². The van der Waals surface area contributed by atoms with E-state index in [1.807, 2.05) is 0 Å². The second-order valence-corrected chi connectivity index (χ2v) is 6.03. The van der Waals surface area contributed by atoms with Gasteiger partial charge in [0.1, 0.15) is 5.56 Å². The second kappa shape index (κ2) is 7.41. The van der Waals surface area contributed by atoms with Gasteiger partial charge in [-0.25, -0.2) is 4.79 Å². The summed E-state index contributed by atoms with van der Waals surface area (Å²) in [6.07, 6.45) is 1.36. The highest BCUT2D eigenvalue weighted by Gasteiger charge is 2.14. The largest absolute Gasteiger partial charge is 0.465 e. The molecule has 1 aromatic heterocycles. The third-order valence-electron chi connectivity index (χ3n) is 3.91. The van der Waals surface area contributed by atoms with E-state index in [0.29, 0.717) is 10.5 Å². The fourth-order valence-electron chi connectivity index (χ4n) is 2.51. The van der Waals surface area contributed by atoms with Crippen LogP contribution in [0.25, 0.3) is 10.9 Å². The Balaban J connectivity index is 1.87. The summed E-state index contributed by atoms with van der Waals surface area (Å²) in [6.45, 7) is 0.260. The van der Waals surface area contributed by atoms with Crippen molar-refractivity contribution in [2.45, 2.75) is 6.54 Å². The van der Waals surface area contributed by atoms with Crippen molar-refractivity contribution in [3.63, 3.8) is 0 Å². The lowest BCUT2D eigenvalue weighted by atomic mass is 10.1. The predicted molar refractivity (Wildman–Crippen MR) is 98.5 cm³/mol. The first kappa shape index (κ1) is 17.7. The van der Waals surface area contributed by atoms with E-state index < -0.39 is 17.3 Å². The van der Waals surface area contributed by atoms with Crippen LogP contribution in [0.1, 0.15) is 26.3 Å². The lowest BCUT2D eigenvalue weighted by molar-refractivity contribution is 0.0600. The number of benzene rings is 2. The number of methoxy groups -OCH3 is 1. The first-order valence-corrected chi connectivity index (χ1v) is 8.14. The number of hydrogen-bond donors (Lipinski definition) is 2. The van der Waals surface area contributed by atoms with Crippen LogP contribution < -0.4 is 10.7 Å². The van der Waals surface area contributed by atoms with Gasteiger partial charge in [0, 0.05) is 28.7 Å². The smallest absolute Gasteiger partial charge is 0.337 e. The number of carbonyl (C=O) groups is 2. The summed E-state index contributed by atoms with van der Waals surface area (Å²) in [5.74, 6) is -1.06. The van der Waals surface area contributed by atoms with Crippen molar-refractivity contribution >= 4 is 34.4 Å². The van der Waals surface area contributed by atoms with Gasteiger partial charge in [0.25, 0.3) is 5.91 Å². The van der Waals surface area contributed by atoms with Gasteiger partial charge < -0.3 is 15.0 Å². The van der Waals surface area contributed by atoms with Gasteiger partial charge in [-0.1, -0.05) is 23.7 Å². The molecule has 0 saturated heterocycles. The predicted octanol–water partition coefficient (Wildman–Crippen LogP) is 2.90. The molecule has 2 N–H and O–H groups in total. The zero-order chi connectivity index (χ0) is 18.7. The van der Waals surface area contributed by atoms with E-state index in [9.17, 15) is 14.4 Å². The molecule has 0 bridgehead atoms. The molecule has 26 heavy (non-hydrogen) atoms. The van der Waals surface area contributed by atoms with Crippen LogP contribution >= 0.6 is 11.6 Å². The van der Waals surface area contributed by atoms with Crippen LogP contribution in [0.15, 0.2) is 53.5 Å². The number of halogens is 1. The molecule has 0 fully saturated rings. The Morgan fingerprint density at radius 3 is 2.58 bits per heavy atom. The zero-order valence-electron chi connectivity index (χ0n) is 13.8. The Morgan fingerprint density at radius 1 is 1.15 bits per heavy atom. The second-order valence-electron chi connectivity index (χ2n) is 5.59. The summed E-state index contributed by atoms with van der Waals surface area (Å²) in [7, 11) is 1.26. The van der Waals surface area contributed by atoms with Crippen molar-refractivity contribution in [1.29, 1.82) is 0 Å². The number of H-pyrrole nitrogens is 1. The van der Waals surface area contributed by atoms with Gasteiger partial charge >= 0.3 is 5.97 Å². The number of rotatable bonds is 4. The first-order chi connectivity index (χ1) is 12.5. The maximum atomic E-state index is 12.6. The minimum absolute atomic E-state index is 0.0338. The van der Waals surface area contributed by atoms with Crippen LogP contribution in [0.4, 0.5) is 0 Å². The van der Waals surface area contributed by atoms with E-state index in [1.54, 1.807) is 36.4 Å². The number of pyridine rings is 1. The number of carbonyl (C=O) groups excluding carboxylic acids is 2. The summed E-state index contributed by atoms with van der Waals surface area (Å²) in [4.78, 5) is 39.6. The molecule has 1 amide bonds. The standard InChI is InChI=1S/C19H15ClN2O4/c1-26-19(25)12-4-7-16-14(8-12)17(23)15(10-21-16)18(24)22-9-11-2-5-13(20)6-3-11/h2-8,10H,9H2,1H3,(H,21,23)(H,22,24). The minimum atomic E-state index is -0.552. The molecule has 132 valence electrons. The average Bonchev–Trinajstić information content (AvgIpc) is 2.67. The molecule has 6 nitrogen and oxygen atoms in total. The van der Waals surface area contributed by atoms with E-state index in [4.69, 9.17) is 11.6 Å². The Morgan fingerprint density at radius 2 is 1.88 bits per heavy atom. The lowest BCUT2D eigenvalue weighted by Gasteiger charge is -2.07. The summed E-state index contributed by atoms with van der Waals surface area (Å²) < 4.78 is 4.66. The number of nitrogens with one attached hydrogen (secondary N) is 2. The van der Waals surface area contributed by atoms with Gasteiger partial charge in [-0.05, 0) is 35.9 Å². The summed E-state index contributed by atoms with van der Waals surface area (Å²) in [6, 6.07) is 11.6. The van der Waals surface area contributed by atoms with E-state index in [2.05, 4.69) is 15.0 Å². The molecule has 0 saturated carbocycles. The Hall–Kier alpha value is -3.12. The number of ether oxygens (including phenoxy) is 1. The Bertz CT molecular complexity index is 1040. The molecular formula is C19H15ClN2O4. The molecule has 0 aliphatic rings. The zero-order valence-corrected chi connectivity index (χ0v) is 14.6. The number of fused-ring (bicyclic) bond motifs is 1. The summed E-state index contributed by atoms with van der Waals surface area (Å²) in [5, 5.41) is 3.54. The molecule has 0 unspecified atom stereocenters. The van der Waals surface area contributed by atoms with E-state index in [-0.39, 0.29) is 23.1 Å². The number of hydrogen-bond acceptors (Lipinski definition) is 4. The van der Waals surface area contributed by atoms with Gasteiger partial charge in [-0.2, -0.15) is 0 Å². The molecule has 3 aromatic rings. The lowest BCUT2D eigenvalue weighted by Crippen LogP contribution is -2.28. The van der Waals surface area contributed by atoms with Crippen LogP contribution in [0.2, 0.25) is 5.02 Å². The number of amides is 1. The highest BCUT2D eigenvalue weighted by molar-refractivity contribution is 6.30. The first-order valence-electron chi connectivity index (χ1n) is 7.76. The number of esters is 1. The van der Waals surface area contributed by atoms with Gasteiger partial charge in [0.05, 0.1) is 12.7 Å². The molecule has 0 spiro atoms. The molecule has 3 rings (SSSR count). The van der Waals surface area contributed by atoms with Gasteiger partial charge in [0.2, 0.25) is 5.43 Å². The molecule has 0 aliphatic heterocycles. The third kappa shape index (κ3) is 3.60. The summed E-state index contributed by atoms with van der Waals surface area (Å²) >= 11 is 5.83. The molecular weight excluding hydrogens is 356 g/mol. The average molecular weight is 371 g/mol. The molecule has 0 radical (unpaired) electrons. The number of aromatic amines is 1. The normalized spacial score (nSPS) is 10.5. The van der Waals surface area contributed by atoms with Crippen molar-refractivity contribution in [2.24, 2.45) is 0 Å². The van der Waals surface area contributed by atoms with Crippen LogP contribution in [-0.4, -0.2) is 24.0 Å². The third-order valence-corrected chi connectivity index (χ3v) is 4.16. The van der Waals surface area contributed by atoms with Crippen molar-refractivity contribution in [1.82, 2.24) is 10.3 Å². The molecule has 0 atom stereocenters. The maximum Gasteiger partial charge on any atom is 0.337 e. The maximum absolute atomic E-state index is 12.6. The van der Waals surface area contributed by atoms with Gasteiger partial charge in [-0.3, -0.25) is 9.59 Å². The van der Waals surface area contributed by atoms with Gasteiger partial charge in [-0.15, -0.1) is 0 Å². The SMILES string of the molecule is COC(=O)c1ccc2[nH]cc(C(=O)NCc3ccc(Cl)cc3)c(=O)c2c1. The molecule has 2 aromatic carbocycles. The van der Waals surface area contributed by atoms with Crippen molar-refractivity contribution < 1.29 is 14.3 Å². The molecule has 7 heteroatoms. The van der Waals surface area contributed by atoms with E-state index in [1.165, 1.54) is 19.4 Å². The monoisotopic (exact) mass is 370 g/mol. The quantitative estimate of drug-likeness (QED) is 0.691. The highest BCUT2D eigenvalue weighted by Crippen LogP contribution is 2.13. The van der Waals surface area contributed by atoms with Crippen LogP contribution in [0, 0.1) is 0 Å². The van der Waals surface area contributed by atoms with Crippen LogP contribution in [-0.2, 0) is 11.3 Å². The number of aromatic nitrogens is 1. The van der Waals surface area contributed by atoms with Crippen LogP contribution in [0.3, 0.4) is 0 Å². The van der Waals surface area contributed by atoms with Crippen molar-refractivity contribution in [2.75, 3.05) is 7.11 Å². The van der Waals surface area contributed by atoms with E-state index >= 15 is 0 Å². The van der Waals surface area contributed by atoms with Crippen LogP contribution in [0.5, 0.6) is 0 Å². The minimum Gasteiger partial charge on any atom is -0.465 e. The van der Waals surface area contributed by atoms with Crippen molar-refractivity contribution in [3.05, 3.63) is 80.6 Å². The summed E-state index contributed by atoms with van der Waals surface area (Å²) in [5.41, 5.74) is 1.13. The Kier molecular flexibility index (Phi) is 5.04. The molecule has 0 aliphatic carbocycles. The molecule has 1 heterocycles.